The highest BCUT2D eigenvalue weighted by Gasteiger charge is 2.38. The number of nitrogens with zero attached hydrogens (tertiary/aromatic N) is 3. The number of benzene rings is 2. The van der Waals surface area contributed by atoms with Crippen LogP contribution in [0.1, 0.15) is 22.7 Å². The normalized spacial score (nSPS) is 17.5. The van der Waals surface area contributed by atoms with Crippen molar-refractivity contribution in [1.29, 1.82) is 0 Å². The molecule has 1 fully saturated rings. The molecule has 1 aliphatic heterocycles. The minimum atomic E-state index is 0.112. The molecule has 25 heavy (non-hydrogen) atoms. The topological polar surface area (TPSA) is 46.1 Å². The van der Waals surface area contributed by atoms with Crippen LogP contribution in [0.2, 0.25) is 0 Å². The van der Waals surface area contributed by atoms with Crippen LogP contribution < -0.4 is 0 Å². The van der Waals surface area contributed by atoms with Crippen molar-refractivity contribution < 1.29 is 4.79 Å². The van der Waals surface area contributed by atoms with Gasteiger partial charge in [-0.3, -0.25) is 9.78 Å². The summed E-state index contributed by atoms with van der Waals surface area (Å²) in [6, 6.07) is 16.3. The molecule has 2 heterocycles. The number of amides is 1. The molecule has 0 spiro atoms. The van der Waals surface area contributed by atoms with Gasteiger partial charge in [0.25, 0.3) is 0 Å². The van der Waals surface area contributed by atoms with E-state index in [4.69, 9.17) is 4.98 Å². The molecule has 1 aliphatic carbocycles. The van der Waals surface area contributed by atoms with Gasteiger partial charge in [0, 0.05) is 31.1 Å². The minimum absolute atomic E-state index is 0.112. The van der Waals surface area contributed by atoms with Gasteiger partial charge in [-0.25, -0.2) is 4.98 Å². The van der Waals surface area contributed by atoms with Crippen LogP contribution in [0.3, 0.4) is 0 Å². The summed E-state index contributed by atoms with van der Waals surface area (Å²) < 4.78 is 0. The van der Waals surface area contributed by atoms with Crippen LogP contribution >= 0.6 is 0 Å². The fourth-order valence-corrected chi connectivity index (χ4v) is 4.01. The van der Waals surface area contributed by atoms with Crippen LogP contribution in [0.15, 0.2) is 54.7 Å². The molecular formula is C21H19N3O. The predicted molar refractivity (Wildman–Crippen MR) is 96.2 cm³/mol. The Kier molecular flexibility index (Phi) is 3.30. The average Bonchev–Trinajstić information content (AvgIpc) is 3.04. The van der Waals surface area contributed by atoms with Crippen molar-refractivity contribution in [1.82, 2.24) is 14.9 Å². The van der Waals surface area contributed by atoms with E-state index in [1.165, 1.54) is 11.1 Å². The highest BCUT2D eigenvalue weighted by Crippen LogP contribution is 2.32. The molecule has 2 aliphatic rings. The monoisotopic (exact) mass is 329 g/mol. The molecule has 1 amide bonds. The Hall–Kier alpha value is -2.75. The molecule has 0 atom stereocenters. The van der Waals surface area contributed by atoms with E-state index >= 15 is 0 Å². The van der Waals surface area contributed by atoms with Gasteiger partial charge < -0.3 is 4.90 Å². The van der Waals surface area contributed by atoms with Crippen molar-refractivity contribution in [2.75, 3.05) is 13.1 Å². The Bertz CT molecular complexity index is 937. The SMILES string of the molecule is O=C(C1Cc2ccccc2C1)N1CC(c2cnc3ccccc3n2)C1. The number of hydrogen-bond donors (Lipinski definition) is 0. The molecule has 1 saturated heterocycles. The summed E-state index contributed by atoms with van der Waals surface area (Å²) in [6.07, 6.45) is 3.62. The van der Waals surface area contributed by atoms with Crippen LogP contribution in [0, 0.1) is 5.92 Å². The zero-order valence-electron chi connectivity index (χ0n) is 13.9. The van der Waals surface area contributed by atoms with Gasteiger partial charge in [0.1, 0.15) is 0 Å². The highest BCUT2D eigenvalue weighted by atomic mass is 16.2. The first kappa shape index (κ1) is 14.6. The fraction of sp³-hybridized carbons (Fsp3) is 0.286. The van der Waals surface area contributed by atoms with Crippen LogP contribution in [0.25, 0.3) is 11.0 Å². The Morgan fingerprint density at radius 3 is 2.28 bits per heavy atom. The molecule has 4 heteroatoms. The molecule has 4 nitrogen and oxygen atoms in total. The van der Waals surface area contributed by atoms with E-state index in [0.29, 0.717) is 11.8 Å². The van der Waals surface area contributed by atoms with Crippen LogP contribution in [0.5, 0.6) is 0 Å². The third kappa shape index (κ3) is 2.49. The zero-order chi connectivity index (χ0) is 16.8. The molecule has 2 aromatic carbocycles. The maximum absolute atomic E-state index is 12.8. The summed E-state index contributed by atoms with van der Waals surface area (Å²) in [5.41, 5.74) is 5.51. The summed E-state index contributed by atoms with van der Waals surface area (Å²) in [5, 5.41) is 0. The molecule has 124 valence electrons. The third-order valence-corrected chi connectivity index (χ3v) is 5.48. The van der Waals surface area contributed by atoms with Gasteiger partial charge in [-0.15, -0.1) is 0 Å². The second kappa shape index (κ2) is 5.66. The number of likely N-dealkylation sites (tertiary alicyclic amines) is 1. The lowest BCUT2D eigenvalue weighted by Crippen LogP contribution is -2.51. The van der Waals surface area contributed by atoms with Gasteiger partial charge in [0.2, 0.25) is 5.91 Å². The largest absolute Gasteiger partial charge is 0.341 e. The van der Waals surface area contributed by atoms with Gasteiger partial charge in [-0.1, -0.05) is 36.4 Å². The standard InChI is InChI=1S/C21H19N3O/c25-21(16-9-14-5-1-2-6-15(14)10-16)24-12-17(13-24)20-11-22-18-7-3-4-8-19(18)23-20/h1-8,11,16-17H,9-10,12-13H2. The number of hydrogen-bond acceptors (Lipinski definition) is 3. The third-order valence-electron chi connectivity index (χ3n) is 5.48. The maximum atomic E-state index is 12.8. The Labute approximate surface area is 146 Å². The van der Waals surface area contributed by atoms with Crippen LogP contribution in [-0.4, -0.2) is 33.9 Å². The number of rotatable bonds is 2. The van der Waals surface area contributed by atoms with Crippen molar-refractivity contribution in [2.24, 2.45) is 5.92 Å². The van der Waals surface area contributed by atoms with Gasteiger partial charge in [0.15, 0.2) is 0 Å². The van der Waals surface area contributed by atoms with Gasteiger partial charge >= 0.3 is 0 Å². The second-order valence-electron chi connectivity index (χ2n) is 7.10. The van der Waals surface area contributed by atoms with E-state index in [9.17, 15) is 4.79 Å². The molecule has 0 N–H and O–H groups in total. The number of carbonyl (C=O) groups excluding carboxylic acids is 1. The van der Waals surface area contributed by atoms with Crippen LogP contribution in [0.4, 0.5) is 0 Å². The Morgan fingerprint density at radius 2 is 1.56 bits per heavy atom. The van der Waals surface area contributed by atoms with Crippen molar-refractivity contribution in [3.05, 3.63) is 71.5 Å². The van der Waals surface area contributed by atoms with E-state index in [2.05, 4.69) is 29.2 Å². The molecular weight excluding hydrogens is 310 g/mol. The molecule has 0 saturated carbocycles. The van der Waals surface area contributed by atoms with Gasteiger partial charge in [0.05, 0.1) is 16.7 Å². The number of carbonyl (C=O) groups is 1. The smallest absolute Gasteiger partial charge is 0.226 e. The van der Waals surface area contributed by atoms with Crippen molar-refractivity contribution in [3.63, 3.8) is 0 Å². The predicted octanol–water partition coefficient (Wildman–Crippen LogP) is 2.97. The number of para-hydroxylation sites is 2. The second-order valence-corrected chi connectivity index (χ2v) is 7.10. The summed E-state index contributed by atoms with van der Waals surface area (Å²) in [7, 11) is 0. The minimum Gasteiger partial charge on any atom is -0.341 e. The molecule has 0 radical (unpaired) electrons. The molecule has 3 aromatic rings. The van der Waals surface area contributed by atoms with E-state index in [0.717, 1.165) is 42.7 Å². The van der Waals surface area contributed by atoms with Crippen molar-refractivity contribution >= 4 is 16.9 Å². The highest BCUT2D eigenvalue weighted by molar-refractivity contribution is 5.81. The molecule has 1 aromatic heterocycles. The van der Waals surface area contributed by atoms with Gasteiger partial charge in [-0.2, -0.15) is 0 Å². The lowest BCUT2D eigenvalue weighted by atomic mass is 9.93. The summed E-state index contributed by atoms with van der Waals surface area (Å²) in [6.45, 7) is 1.53. The average molecular weight is 329 g/mol. The summed E-state index contributed by atoms with van der Waals surface area (Å²) in [4.78, 5) is 24.0. The van der Waals surface area contributed by atoms with E-state index in [1.807, 2.05) is 35.4 Å². The number of fused-ring (bicyclic) bond motifs is 2. The first-order valence-electron chi connectivity index (χ1n) is 8.85. The quantitative estimate of drug-likeness (QED) is 0.726. The molecule has 0 bridgehead atoms. The summed E-state index contributed by atoms with van der Waals surface area (Å²) >= 11 is 0. The first-order chi connectivity index (χ1) is 12.3. The zero-order valence-corrected chi connectivity index (χ0v) is 13.9. The number of aromatic nitrogens is 2. The van der Waals surface area contributed by atoms with Crippen molar-refractivity contribution in [3.8, 4) is 0 Å². The Morgan fingerprint density at radius 1 is 0.920 bits per heavy atom. The van der Waals surface area contributed by atoms with Crippen LogP contribution in [-0.2, 0) is 17.6 Å². The Balaban J connectivity index is 1.26. The van der Waals surface area contributed by atoms with Gasteiger partial charge in [-0.05, 0) is 36.1 Å². The maximum Gasteiger partial charge on any atom is 0.226 e. The van der Waals surface area contributed by atoms with Crippen molar-refractivity contribution in [2.45, 2.75) is 18.8 Å². The lowest BCUT2D eigenvalue weighted by molar-refractivity contribution is -0.139. The van der Waals surface area contributed by atoms with E-state index in [-0.39, 0.29) is 5.92 Å². The molecule has 5 rings (SSSR count). The molecule has 0 unspecified atom stereocenters. The first-order valence-corrected chi connectivity index (χ1v) is 8.85. The van der Waals surface area contributed by atoms with E-state index in [1.54, 1.807) is 0 Å². The van der Waals surface area contributed by atoms with E-state index < -0.39 is 0 Å². The summed E-state index contributed by atoms with van der Waals surface area (Å²) in [5.74, 6) is 0.715. The fourth-order valence-electron chi connectivity index (χ4n) is 4.01. The lowest BCUT2D eigenvalue weighted by Gasteiger charge is -2.40.